The van der Waals surface area contributed by atoms with Gasteiger partial charge in [-0.15, -0.1) is 0 Å². The highest BCUT2D eigenvalue weighted by atomic mass is 35.5. The number of H-pyrrole nitrogens is 1. The number of halogens is 1. The van der Waals surface area contributed by atoms with Crippen LogP contribution in [0.5, 0.6) is 0 Å². The van der Waals surface area contributed by atoms with Crippen LogP contribution < -0.4 is 10.5 Å². The number of nitrogens with zero attached hydrogens (tertiary/aromatic N) is 2. The van der Waals surface area contributed by atoms with Gasteiger partial charge in [-0.05, 0) is 18.8 Å². The van der Waals surface area contributed by atoms with Gasteiger partial charge in [-0.3, -0.25) is 4.79 Å². The van der Waals surface area contributed by atoms with Crippen LogP contribution in [-0.4, -0.2) is 22.6 Å². The monoisotopic (exact) mass is 269 g/mol. The smallest absolute Gasteiger partial charge is 0.271 e. The first-order chi connectivity index (χ1) is 8.59. The summed E-state index contributed by atoms with van der Waals surface area (Å²) in [5.41, 5.74) is -0.256. The highest BCUT2D eigenvalue weighted by Gasteiger charge is 2.26. The van der Waals surface area contributed by atoms with Crippen LogP contribution in [0, 0.1) is 5.92 Å². The summed E-state index contributed by atoms with van der Waals surface area (Å²) in [7, 11) is 0. The van der Waals surface area contributed by atoms with Crippen molar-refractivity contribution in [1.82, 2.24) is 9.97 Å². The molecule has 1 aliphatic carbocycles. The molecule has 0 aliphatic heterocycles. The van der Waals surface area contributed by atoms with E-state index in [2.05, 4.69) is 28.7 Å². The van der Waals surface area contributed by atoms with E-state index in [1.54, 1.807) is 0 Å². The molecular formula is C13H20ClN3O. The van der Waals surface area contributed by atoms with Crippen molar-refractivity contribution in [2.24, 2.45) is 5.92 Å². The number of hydrogen-bond acceptors (Lipinski definition) is 3. The SMILES string of the molecule is CC(C)CN(c1nc[nH]c(=O)c1Cl)C1CCCC1. The maximum absolute atomic E-state index is 11.6. The average molecular weight is 270 g/mol. The van der Waals surface area contributed by atoms with E-state index in [0.29, 0.717) is 17.8 Å². The first-order valence-electron chi connectivity index (χ1n) is 6.59. The van der Waals surface area contributed by atoms with Gasteiger partial charge in [0.05, 0.1) is 6.33 Å². The van der Waals surface area contributed by atoms with E-state index in [4.69, 9.17) is 11.6 Å². The minimum absolute atomic E-state index is 0.213. The molecule has 0 amide bonds. The summed E-state index contributed by atoms with van der Waals surface area (Å²) in [4.78, 5) is 20.6. The van der Waals surface area contributed by atoms with Crippen molar-refractivity contribution in [3.05, 3.63) is 21.7 Å². The van der Waals surface area contributed by atoms with Gasteiger partial charge in [0, 0.05) is 12.6 Å². The molecule has 0 unspecified atom stereocenters. The summed E-state index contributed by atoms with van der Waals surface area (Å²) >= 11 is 6.10. The van der Waals surface area contributed by atoms with Gasteiger partial charge in [0.1, 0.15) is 5.02 Å². The van der Waals surface area contributed by atoms with E-state index in [1.165, 1.54) is 19.2 Å². The van der Waals surface area contributed by atoms with Gasteiger partial charge in [-0.1, -0.05) is 38.3 Å². The molecule has 0 saturated heterocycles. The van der Waals surface area contributed by atoms with Crippen LogP contribution in [0.15, 0.2) is 11.1 Å². The lowest BCUT2D eigenvalue weighted by atomic mass is 10.1. The third-order valence-electron chi connectivity index (χ3n) is 3.38. The maximum Gasteiger partial charge on any atom is 0.271 e. The molecule has 5 heteroatoms. The molecular weight excluding hydrogens is 250 g/mol. The van der Waals surface area contributed by atoms with E-state index in [1.807, 2.05) is 0 Å². The summed E-state index contributed by atoms with van der Waals surface area (Å²) in [6.45, 7) is 5.23. The Hall–Kier alpha value is -1.03. The number of anilines is 1. The Morgan fingerprint density at radius 2 is 2.17 bits per heavy atom. The van der Waals surface area contributed by atoms with Crippen LogP contribution in [-0.2, 0) is 0 Å². The van der Waals surface area contributed by atoms with E-state index >= 15 is 0 Å². The molecule has 1 aromatic rings. The molecule has 18 heavy (non-hydrogen) atoms. The van der Waals surface area contributed by atoms with Crippen molar-refractivity contribution in [1.29, 1.82) is 0 Å². The molecule has 1 aliphatic rings. The predicted octanol–water partition coefficient (Wildman–Crippen LogP) is 2.83. The normalized spacial score (nSPS) is 16.4. The summed E-state index contributed by atoms with van der Waals surface area (Å²) in [6.07, 6.45) is 6.26. The first-order valence-corrected chi connectivity index (χ1v) is 6.97. The number of hydrogen-bond donors (Lipinski definition) is 1. The molecule has 0 atom stereocenters. The van der Waals surface area contributed by atoms with E-state index in [0.717, 1.165) is 19.4 Å². The zero-order chi connectivity index (χ0) is 13.1. The fraction of sp³-hybridized carbons (Fsp3) is 0.692. The molecule has 0 radical (unpaired) electrons. The molecule has 4 nitrogen and oxygen atoms in total. The first kappa shape index (κ1) is 13.4. The quantitative estimate of drug-likeness (QED) is 0.914. The Balaban J connectivity index is 2.32. The Labute approximate surface area is 112 Å². The average Bonchev–Trinajstić information content (AvgIpc) is 2.83. The largest absolute Gasteiger partial charge is 0.352 e. The van der Waals surface area contributed by atoms with Gasteiger partial charge >= 0.3 is 0 Å². The molecule has 1 saturated carbocycles. The second kappa shape index (κ2) is 5.74. The molecule has 2 rings (SSSR count). The molecule has 1 aromatic heterocycles. The van der Waals surface area contributed by atoms with Gasteiger partial charge in [0.2, 0.25) is 0 Å². The van der Waals surface area contributed by atoms with E-state index in [-0.39, 0.29) is 10.6 Å². The summed E-state index contributed by atoms with van der Waals surface area (Å²) < 4.78 is 0. The fourth-order valence-electron chi connectivity index (χ4n) is 2.59. The summed E-state index contributed by atoms with van der Waals surface area (Å²) in [5.74, 6) is 1.16. The van der Waals surface area contributed by atoms with Gasteiger partial charge < -0.3 is 9.88 Å². The van der Waals surface area contributed by atoms with Crippen LogP contribution in [0.2, 0.25) is 5.02 Å². The van der Waals surface area contributed by atoms with Crippen LogP contribution >= 0.6 is 11.6 Å². The predicted molar refractivity (Wildman–Crippen MR) is 74.3 cm³/mol. The molecule has 1 N–H and O–H groups in total. The lowest BCUT2D eigenvalue weighted by Gasteiger charge is -2.31. The standard InChI is InChI=1S/C13H20ClN3O/c1-9(2)7-17(10-5-3-4-6-10)12-11(14)13(18)16-8-15-12/h8-10H,3-7H2,1-2H3,(H,15,16,18). The molecule has 1 fully saturated rings. The molecule has 100 valence electrons. The van der Waals surface area contributed by atoms with Crippen LogP contribution in [0.1, 0.15) is 39.5 Å². The maximum atomic E-state index is 11.6. The topological polar surface area (TPSA) is 49.0 Å². The van der Waals surface area contributed by atoms with Crippen molar-refractivity contribution in [2.45, 2.75) is 45.6 Å². The molecule has 0 spiro atoms. The van der Waals surface area contributed by atoms with Crippen LogP contribution in [0.25, 0.3) is 0 Å². The minimum Gasteiger partial charge on any atom is -0.352 e. The third-order valence-corrected chi connectivity index (χ3v) is 3.72. The zero-order valence-electron chi connectivity index (χ0n) is 10.9. The number of aromatic nitrogens is 2. The number of rotatable bonds is 4. The molecule has 0 aromatic carbocycles. The lowest BCUT2D eigenvalue weighted by molar-refractivity contribution is 0.530. The van der Waals surface area contributed by atoms with Crippen LogP contribution in [0.3, 0.4) is 0 Å². The third kappa shape index (κ3) is 2.86. The molecule has 1 heterocycles. The van der Waals surface area contributed by atoms with Gasteiger partial charge in [-0.2, -0.15) is 0 Å². The highest BCUT2D eigenvalue weighted by Crippen LogP contribution is 2.30. The van der Waals surface area contributed by atoms with Gasteiger partial charge in [0.15, 0.2) is 5.82 Å². The Bertz CT molecular complexity index is 452. The minimum atomic E-state index is -0.256. The summed E-state index contributed by atoms with van der Waals surface area (Å²) in [6, 6.07) is 0.471. The fourth-order valence-corrected chi connectivity index (χ4v) is 2.80. The van der Waals surface area contributed by atoms with Crippen molar-refractivity contribution in [3.8, 4) is 0 Å². The second-order valence-corrected chi connectivity index (χ2v) is 5.73. The van der Waals surface area contributed by atoms with E-state index < -0.39 is 0 Å². The Morgan fingerprint density at radius 1 is 1.50 bits per heavy atom. The van der Waals surface area contributed by atoms with Crippen molar-refractivity contribution in [2.75, 3.05) is 11.4 Å². The van der Waals surface area contributed by atoms with Gasteiger partial charge in [0.25, 0.3) is 5.56 Å². The van der Waals surface area contributed by atoms with Crippen molar-refractivity contribution < 1.29 is 0 Å². The number of nitrogens with one attached hydrogen (secondary N) is 1. The number of aromatic amines is 1. The Morgan fingerprint density at radius 3 is 2.78 bits per heavy atom. The molecule has 0 bridgehead atoms. The van der Waals surface area contributed by atoms with Crippen molar-refractivity contribution >= 4 is 17.4 Å². The lowest BCUT2D eigenvalue weighted by Crippen LogP contribution is -2.38. The van der Waals surface area contributed by atoms with Gasteiger partial charge in [-0.25, -0.2) is 4.98 Å². The van der Waals surface area contributed by atoms with E-state index in [9.17, 15) is 4.79 Å². The highest BCUT2D eigenvalue weighted by molar-refractivity contribution is 6.32. The second-order valence-electron chi connectivity index (χ2n) is 5.35. The Kier molecular flexibility index (Phi) is 4.27. The summed E-state index contributed by atoms with van der Waals surface area (Å²) in [5, 5.41) is 0.213. The van der Waals surface area contributed by atoms with Crippen molar-refractivity contribution in [3.63, 3.8) is 0 Å². The van der Waals surface area contributed by atoms with Crippen LogP contribution in [0.4, 0.5) is 5.82 Å². The zero-order valence-corrected chi connectivity index (χ0v) is 11.7.